The van der Waals surface area contributed by atoms with Crippen molar-refractivity contribution >= 4 is 0 Å². The van der Waals surface area contributed by atoms with Crippen LogP contribution in [0.25, 0.3) is 0 Å². The van der Waals surface area contributed by atoms with Gasteiger partial charge < -0.3 is 20.1 Å². The fourth-order valence-electron chi connectivity index (χ4n) is 1.58. The minimum absolute atomic E-state index is 0.206. The Morgan fingerprint density at radius 1 is 1.64 bits per heavy atom. The number of hydrogen-bond acceptors (Lipinski definition) is 4. The van der Waals surface area contributed by atoms with Gasteiger partial charge in [-0.25, -0.2) is 0 Å². The second-order valence-corrected chi connectivity index (χ2v) is 4.10. The van der Waals surface area contributed by atoms with Crippen LogP contribution in [-0.2, 0) is 4.74 Å². The lowest BCUT2D eigenvalue weighted by Crippen LogP contribution is -2.44. The SMILES string of the molecule is CC(O)CCN(C)CC1CNCCO1. The molecule has 1 heterocycles. The highest BCUT2D eigenvalue weighted by molar-refractivity contribution is 4.70. The van der Waals surface area contributed by atoms with Crippen molar-refractivity contribution in [1.82, 2.24) is 10.2 Å². The van der Waals surface area contributed by atoms with Crippen molar-refractivity contribution in [2.24, 2.45) is 0 Å². The summed E-state index contributed by atoms with van der Waals surface area (Å²) in [7, 11) is 2.07. The molecule has 0 bridgehead atoms. The monoisotopic (exact) mass is 202 g/mol. The molecular weight excluding hydrogens is 180 g/mol. The summed E-state index contributed by atoms with van der Waals surface area (Å²) in [5, 5.41) is 12.4. The van der Waals surface area contributed by atoms with E-state index in [2.05, 4.69) is 17.3 Å². The van der Waals surface area contributed by atoms with Crippen LogP contribution in [0.4, 0.5) is 0 Å². The van der Waals surface area contributed by atoms with Crippen LogP contribution in [0.3, 0.4) is 0 Å². The van der Waals surface area contributed by atoms with Crippen molar-refractivity contribution in [3.05, 3.63) is 0 Å². The first-order valence-corrected chi connectivity index (χ1v) is 5.37. The van der Waals surface area contributed by atoms with Crippen molar-refractivity contribution in [2.75, 3.05) is 39.8 Å². The summed E-state index contributed by atoms with van der Waals surface area (Å²) in [5.74, 6) is 0. The first kappa shape index (κ1) is 11.9. The summed E-state index contributed by atoms with van der Waals surface area (Å²) in [6.45, 7) is 6.42. The molecule has 2 unspecified atom stereocenters. The molecule has 1 fully saturated rings. The lowest BCUT2D eigenvalue weighted by molar-refractivity contribution is 0.00828. The summed E-state index contributed by atoms with van der Waals surface area (Å²) >= 11 is 0. The Morgan fingerprint density at radius 2 is 2.43 bits per heavy atom. The smallest absolute Gasteiger partial charge is 0.0826 e. The minimum atomic E-state index is -0.206. The van der Waals surface area contributed by atoms with Gasteiger partial charge in [0.05, 0.1) is 18.8 Å². The predicted octanol–water partition coefficient (Wildman–Crippen LogP) is -0.322. The van der Waals surface area contributed by atoms with Gasteiger partial charge in [0, 0.05) is 26.2 Å². The summed E-state index contributed by atoms with van der Waals surface area (Å²) < 4.78 is 5.59. The van der Waals surface area contributed by atoms with Crippen molar-refractivity contribution in [1.29, 1.82) is 0 Å². The third kappa shape index (κ3) is 4.91. The topological polar surface area (TPSA) is 44.7 Å². The number of hydrogen-bond donors (Lipinski definition) is 2. The first-order chi connectivity index (χ1) is 6.68. The fraction of sp³-hybridized carbons (Fsp3) is 1.00. The number of aliphatic hydroxyl groups is 1. The summed E-state index contributed by atoms with van der Waals surface area (Å²) in [6, 6.07) is 0. The molecule has 0 aromatic carbocycles. The third-order valence-corrected chi connectivity index (χ3v) is 2.45. The van der Waals surface area contributed by atoms with Crippen LogP contribution in [0.2, 0.25) is 0 Å². The summed E-state index contributed by atoms with van der Waals surface area (Å²) in [5.41, 5.74) is 0. The van der Waals surface area contributed by atoms with E-state index < -0.39 is 0 Å². The largest absolute Gasteiger partial charge is 0.393 e. The average molecular weight is 202 g/mol. The zero-order valence-electron chi connectivity index (χ0n) is 9.20. The van der Waals surface area contributed by atoms with E-state index in [9.17, 15) is 0 Å². The van der Waals surface area contributed by atoms with Gasteiger partial charge in [-0.15, -0.1) is 0 Å². The molecule has 0 amide bonds. The molecule has 0 saturated carbocycles. The van der Waals surface area contributed by atoms with Crippen LogP contribution in [0.15, 0.2) is 0 Å². The van der Waals surface area contributed by atoms with Crippen LogP contribution >= 0.6 is 0 Å². The highest BCUT2D eigenvalue weighted by Crippen LogP contribution is 2.00. The van der Waals surface area contributed by atoms with Crippen LogP contribution in [0.5, 0.6) is 0 Å². The van der Waals surface area contributed by atoms with Gasteiger partial charge in [0.2, 0.25) is 0 Å². The van der Waals surface area contributed by atoms with Crippen molar-refractivity contribution in [3.63, 3.8) is 0 Å². The second-order valence-electron chi connectivity index (χ2n) is 4.10. The molecule has 0 aliphatic carbocycles. The molecule has 0 aromatic rings. The van der Waals surface area contributed by atoms with Gasteiger partial charge in [-0.05, 0) is 20.4 Å². The van der Waals surface area contributed by atoms with E-state index in [1.807, 2.05) is 6.92 Å². The van der Waals surface area contributed by atoms with Crippen LogP contribution in [0.1, 0.15) is 13.3 Å². The van der Waals surface area contributed by atoms with Crippen molar-refractivity contribution in [3.8, 4) is 0 Å². The molecule has 1 aliphatic rings. The van der Waals surface area contributed by atoms with Gasteiger partial charge >= 0.3 is 0 Å². The van der Waals surface area contributed by atoms with E-state index in [1.165, 1.54) is 0 Å². The molecule has 2 N–H and O–H groups in total. The number of ether oxygens (including phenoxy) is 1. The van der Waals surface area contributed by atoms with Crippen LogP contribution < -0.4 is 5.32 Å². The first-order valence-electron chi connectivity index (χ1n) is 5.37. The van der Waals surface area contributed by atoms with E-state index >= 15 is 0 Å². The van der Waals surface area contributed by atoms with Crippen LogP contribution in [0, 0.1) is 0 Å². The highest BCUT2D eigenvalue weighted by atomic mass is 16.5. The molecule has 2 atom stereocenters. The molecular formula is C10H22N2O2. The maximum absolute atomic E-state index is 9.14. The maximum Gasteiger partial charge on any atom is 0.0826 e. The number of nitrogens with one attached hydrogen (secondary N) is 1. The predicted molar refractivity (Wildman–Crippen MR) is 56.4 cm³/mol. The van der Waals surface area contributed by atoms with Gasteiger partial charge in [0.1, 0.15) is 0 Å². The van der Waals surface area contributed by atoms with Crippen molar-refractivity contribution < 1.29 is 9.84 Å². The van der Waals surface area contributed by atoms with E-state index in [4.69, 9.17) is 9.84 Å². The van der Waals surface area contributed by atoms with E-state index in [0.717, 1.165) is 39.2 Å². The Bertz CT molecular complexity index is 147. The van der Waals surface area contributed by atoms with Gasteiger partial charge in [0.15, 0.2) is 0 Å². The number of aliphatic hydroxyl groups excluding tert-OH is 1. The zero-order chi connectivity index (χ0) is 10.4. The van der Waals surface area contributed by atoms with Gasteiger partial charge in [-0.2, -0.15) is 0 Å². The molecule has 1 saturated heterocycles. The Hall–Kier alpha value is -0.160. The highest BCUT2D eigenvalue weighted by Gasteiger charge is 2.15. The second kappa shape index (κ2) is 6.35. The molecule has 0 spiro atoms. The fourth-order valence-corrected chi connectivity index (χ4v) is 1.58. The Labute approximate surface area is 86.2 Å². The minimum Gasteiger partial charge on any atom is -0.393 e. The third-order valence-electron chi connectivity index (χ3n) is 2.45. The lowest BCUT2D eigenvalue weighted by Gasteiger charge is -2.28. The molecule has 0 radical (unpaired) electrons. The van der Waals surface area contributed by atoms with Crippen LogP contribution in [-0.4, -0.2) is 62.0 Å². The molecule has 4 heteroatoms. The average Bonchev–Trinajstić information content (AvgIpc) is 2.16. The number of likely N-dealkylation sites (N-methyl/N-ethyl adjacent to an activating group) is 1. The Morgan fingerprint density at radius 3 is 3.00 bits per heavy atom. The summed E-state index contributed by atoms with van der Waals surface area (Å²) in [6.07, 6.45) is 0.932. The quantitative estimate of drug-likeness (QED) is 0.641. The van der Waals surface area contributed by atoms with Gasteiger partial charge in [0.25, 0.3) is 0 Å². The van der Waals surface area contributed by atoms with E-state index in [1.54, 1.807) is 0 Å². The van der Waals surface area contributed by atoms with Crippen molar-refractivity contribution in [2.45, 2.75) is 25.6 Å². The molecule has 1 aliphatic heterocycles. The molecule has 0 aromatic heterocycles. The Kier molecular flexibility index (Phi) is 5.40. The Balaban J connectivity index is 2.09. The van der Waals surface area contributed by atoms with Gasteiger partial charge in [-0.1, -0.05) is 0 Å². The number of nitrogens with zero attached hydrogens (tertiary/aromatic N) is 1. The normalized spacial score (nSPS) is 25.3. The molecule has 1 rings (SSSR count). The standard InChI is InChI=1S/C10H22N2O2/c1-9(13)3-5-12(2)8-10-7-11-4-6-14-10/h9-11,13H,3-8H2,1-2H3. The van der Waals surface area contributed by atoms with E-state index in [-0.39, 0.29) is 6.10 Å². The number of rotatable bonds is 5. The number of morpholine rings is 1. The maximum atomic E-state index is 9.14. The zero-order valence-corrected chi connectivity index (χ0v) is 9.20. The lowest BCUT2D eigenvalue weighted by atomic mass is 10.2. The van der Waals surface area contributed by atoms with Gasteiger partial charge in [-0.3, -0.25) is 0 Å². The summed E-state index contributed by atoms with van der Waals surface area (Å²) in [4.78, 5) is 2.21. The molecule has 4 nitrogen and oxygen atoms in total. The molecule has 84 valence electrons. The molecule has 14 heavy (non-hydrogen) atoms. The van der Waals surface area contributed by atoms with E-state index in [0.29, 0.717) is 6.10 Å².